The van der Waals surface area contributed by atoms with Gasteiger partial charge in [0.05, 0.1) is 5.54 Å². The quantitative estimate of drug-likeness (QED) is 0.588. The van der Waals surface area contributed by atoms with E-state index in [1.807, 2.05) is 12.1 Å². The van der Waals surface area contributed by atoms with Crippen LogP contribution in [-0.2, 0) is 6.42 Å². The minimum absolute atomic E-state index is 0.290. The third kappa shape index (κ3) is 3.55. The fourth-order valence-corrected chi connectivity index (χ4v) is 3.62. The first-order valence-corrected chi connectivity index (χ1v) is 8.41. The third-order valence-corrected chi connectivity index (χ3v) is 4.94. The fourth-order valence-electron chi connectivity index (χ4n) is 3.62. The SMILES string of the molecule is CCCc1cccc(C(=O)C2(N(C)C)CCCCCC2)c1. The van der Waals surface area contributed by atoms with Crippen molar-refractivity contribution in [2.75, 3.05) is 14.1 Å². The Kier molecular flexibility index (Phi) is 5.58. The number of hydrogen-bond donors (Lipinski definition) is 0. The van der Waals surface area contributed by atoms with Crippen LogP contribution in [0.1, 0.15) is 67.8 Å². The molecule has 0 bridgehead atoms. The fraction of sp³-hybridized carbons (Fsp3) is 0.632. The summed E-state index contributed by atoms with van der Waals surface area (Å²) >= 11 is 0. The minimum atomic E-state index is -0.290. The van der Waals surface area contributed by atoms with Gasteiger partial charge in [-0.1, -0.05) is 57.2 Å². The Morgan fingerprint density at radius 3 is 2.38 bits per heavy atom. The van der Waals surface area contributed by atoms with Gasteiger partial charge in [0, 0.05) is 5.56 Å². The summed E-state index contributed by atoms with van der Waals surface area (Å²) in [5, 5.41) is 0. The Bertz CT molecular complexity index is 470. The van der Waals surface area contributed by atoms with Gasteiger partial charge >= 0.3 is 0 Å². The molecule has 0 unspecified atom stereocenters. The van der Waals surface area contributed by atoms with E-state index in [1.54, 1.807) is 0 Å². The van der Waals surface area contributed by atoms with Crippen LogP contribution in [0.3, 0.4) is 0 Å². The number of carbonyl (C=O) groups is 1. The van der Waals surface area contributed by atoms with Gasteiger partial charge in [0.15, 0.2) is 5.78 Å². The number of aryl methyl sites for hydroxylation is 1. The molecular formula is C19H29NO. The van der Waals surface area contributed by atoms with Crippen molar-refractivity contribution in [3.05, 3.63) is 35.4 Å². The molecule has 0 atom stereocenters. The van der Waals surface area contributed by atoms with E-state index in [1.165, 1.54) is 31.2 Å². The summed E-state index contributed by atoms with van der Waals surface area (Å²) in [5.74, 6) is 0.326. The van der Waals surface area contributed by atoms with Crippen molar-refractivity contribution in [2.24, 2.45) is 0 Å². The molecule has 2 heteroatoms. The number of benzene rings is 1. The summed E-state index contributed by atoms with van der Waals surface area (Å²) < 4.78 is 0. The predicted molar refractivity (Wildman–Crippen MR) is 88.9 cm³/mol. The van der Waals surface area contributed by atoms with E-state index >= 15 is 0 Å². The highest BCUT2D eigenvalue weighted by Gasteiger charge is 2.40. The maximum Gasteiger partial charge on any atom is 0.183 e. The Hall–Kier alpha value is -1.15. The lowest BCUT2D eigenvalue weighted by Gasteiger charge is -2.38. The van der Waals surface area contributed by atoms with Gasteiger partial charge in [-0.05, 0) is 45.0 Å². The van der Waals surface area contributed by atoms with Crippen molar-refractivity contribution in [3.8, 4) is 0 Å². The molecule has 1 aromatic rings. The molecule has 0 spiro atoms. The van der Waals surface area contributed by atoms with Gasteiger partial charge in [-0.15, -0.1) is 0 Å². The van der Waals surface area contributed by atoms with Crippen molar-refractivity contribution < 1.29 is 4.79 Å². The van der Waals surface area contributed by atoms with Crippen LogP contribution in [0.5, 0.6) is 0 Å². The summed E-state index contributed by atoms with van der Waals surface area (Å²) in [6, 6.07) is 8.29. The zero-order chi connectivity index (χ0) is 15.3. The standard InChI is InChI=1S/C19H29NO/c1-4-10-16-11-9-12-17(15-16)18(21)19(20(2)3)13-7-5-6-8-14-19/h9,11-12,15H,4-8,10,13-14H2,1-3H3. The van der Waals surface area contributed by atoms with Gasteiger partial charge in [-0.25, -0.2) is 0 Å². The molecular weight excluding hydrogens is 258 g/mol. The molecule has 0 saturated heterocycles. The van der Waals surface area contributed by atoms with Crippen LogP contribution in [0.25, 0.3) is 0 Å². The Labute approximate surface area is 129 Å². The molecule has 0 amide bonds. The molecule has 0 aromatic heterocycles. The summed E-state index contributed by atoms with van der Waals surface area (Å²) in [4.78, 5) is 15.4. The molecule has 1 aromatic carbocycles. The molecule has 1 aliphatic rings. The van der Waals surface area contributed by atoms with Crippen LogP contribution in [0.2, 0.25) is 0 Å². The van der Waals surface area contributed by atoms with Crippen molar-refractivity contribution in [2.45, 2.75) is 63.8 Å². The van der Waals surface area contributed by atoms with Crippen LogP contribution in [-0.4, -0.2) is 30.3 Å². The predicted octanol–water partition coefficient (Wildman–Crippen LogP) is 4.48. The lowest BCUT2D eigenvalue weighted by atomic mass is 9.81. The van der Waals surface area contributed by atoms with Gasteiger partial charge in [0.1, 0.15) is 0 Å². The largest absolute Gasteiger partial charge is 0.297 e. The van der Waals surface area contributed by atoms with E-state index in [4.69, 9.17) is 0 Å². The number of likely N-dealkylation sites (N-methyl/N-ethyl adjacent to an activating group) is 1. The van der Waals surface area contributed by atoms with Crippen molar-refractivity contribution in [1.29, 1.82) is 0 Å². The molecule has 0 aliphatic heterocycles. The zero-order valence-electron chi connectivity index (χ0n) is 13.8. The molecule has 1 saturated carbocycles. The first-order valence-electron chi connectivity index (χ1n) is 8.41. The summed E-state index contributed by atoms with van der Waals surface area (Å²) in [5.41, 5.74) is 1.89. The maximum absolute atomic E-state index is 13.2. The first kappa shape index (κ1) is 16.2. The second kappa shape index (κ2) is 7.22. The van der Waals surface area contributed by atoms with Crippen molar-refractivity contribution in [1.82, 2.24) is 4.90 Å². The first-order chi connectivity index (χ1) is 10.1. The van der Waals surface area contributed by atoms with Crippen LogP contribution in [0.4, 0.5) is 0 Å². The van der Waals surface area contributed by atoms with Gasteiger partial charge < -0.3 is 0 Å². The normalized spacial score (nSPS) is 18.5. The molecule has 2 rings (SSSR count). The lowest BCUT2D eigenvalue weighted by Crippen LogP contribution is -2.50. The number of ketones is 1. The maximum atomic E-state index is 13.2. The number of rotatable bonds is 5. The third-order valence-electron chi connectivity index (χ3n) is 4.94. The summed E-state index contributed by atoms with van der Waals surface area (Å²) in [6.45, 7) is 2.18. The highest BCUT2D eigenvalue weighted by Crippen LogP contribution is 2.34. The van der Waals surface area contributed by atoms with E-state index in [0.29, 0.717) is 5.78 Å². The molecule has 2 nitrogen and oxygen atoms in total. The molecule has 0 N–H and O–H groups in total. The molecule has 0 radical (unpaired) electrons. The summed E-state index contributed by atoms with van der Waals surface area (Å²) in [6.07, 6.45) is 9.02. The number of Topliss-reactive ketones (excluding diaryl/α,β-unsaturated/α-hetero) is 1. The molecule has 1 aliphatic carbocycles. The van der Waals surface area contributed by atoms with E-state index in [9.17, 15) is 4.79 Å². The lowest BCUT2D eigenvalue weighted by molar-refractivity contribution is 0.0635. The average Bonchev–Trinajstić information content (AvgIpc) is 2.74. The Balaban J connectivity index is 2.31. The number of hydrogen-bond acceptors (Lipinski definition) is 2. The topological polar surface area (TPSA) is 20.3 Å². The second-order valence-corrected chi connectivity index (χ2v) is 6.62. The molecule has 0 heterocycles. The van der Waals surface area contributed by atoms with Gasteiger partial charge in [0.25, 0.3) is 0 Å². The summed E-state index contributed by atoms with van der Waals surface area (Å²) in [7, 11) is 4.14. The van der Waals surface area contributed by atoms with E-state index in [-0.39, 0.29) is 5.54 Å². The Morgan fingerprint density at radius 1 is 1.14 bits per heavy atom. The van der Waals surface area contributed by atoms with Gasteiger partial charge in [-0.2, -0.15) is 0 Å². The van der Waals surface area contributed by atoms with Crippen molar-refractivity contribution in [3.63, 3.8) is 0 Å². The zero-order valence-corrected chi connectivity index (χ0v) is 13.8. The highest BCUT2D eigenvalue weighted by molar-refractivity contribution is 6.03. The Morgan fingerprint density at radius 2 is 1.81 bits per heavy atom. The van der Waals surface area contributed by atoms with Gasteiger partial charge in [0.2, 0.25) is 0 Å². The van der Waals surface area contributed by atoms with E-state index < -0.39 is 0 Å². The minimum Gasteiger partial charge on any atom is -0.297 e. The van der Waals surface area contributed by atoms with Crippen LogP contribution >= 0.6 is 0 Å². The van der Waals surface area contributed by atoms with Crippen LogP contribution in [0, 0.1) is 0 Å². The molecule has 21 heavy (non-hydrogen) atoms. The second-order valence-electron chi connectivity index (χ2n) is 6.62. The molecule has 116 valence electrons. The van der Waals surface area contributed by atoms with Gasteiger partial charge in [-0.3, -0.25) is 9.69 Å². The monoisotopic (exact) mass is 287 g/mol. The number of nitrogens with zero attached hydrogens (tertiary/aromatic N) is 1. The smallest absolute Gasteiger partial charge is 0.183 e. The molecule has 1 fully saturated rings. The number of carbonyl (C=O) groups excluding carboxylic acids is 1. The average molecular weight is 287 g/mol. The van der Waals surface area contributed by atoms with Crippen molar-refractivity contribution >= 4 is 5.78 Å². The highest BCUT2D eigenvalue weighted by atomic mass is 16.1. The van der Waals surface area contributed by atoms with Crippen LogP contribution in [0.15, 0.2) is 24.3 Å². The van der Waals surface area contributed by atoms with E-state index in [2.05, 4.69) is 38.1 Å². The van der Waals surface area contributed by atoms with E-state index in [0.717, 1.165) is 31.2 Å². The van der Waals surface area contributed by atoms with Crippen LogP contribution < -0.4 is 0 Å².